The third kappa shape index (κ3) is 4.05. The Hall–Kier alpha value is -4.39. The fraction of sp³-hybridized carbons (Fsp3) is 0.182. The Balaban J connectivity index is 1.46. The molecule has 0 saturated carbocycles. The van der Waals surface area contributed by atoms with Crippen LogP contribution in [0.5, 0.6) is 0 Å². The SMILES string of the molecule is CS(=O)(=O)Nc1ccc(-c2cn(-c3cccc4c3C(=O)N(C3CCC(=O)NC3=O)C4=O)nn2)cc1. The van der Waals surface area contributed by atoms with Gasteiger partial charge in [-0.3, -0.25) is 34.1 Å². The van der Waals surface area contributed by atoms with Crippen molar-refractivity contribution in [3.63, 3.8) is 0 Å². The highest BCUT2D eigenvalue weighted by Crippen LogP contribution is 2.32. The average Bonchev–Trinajstić information content (AvgIpc) is 3.38. The van der Waals surface area contributed by atoms with E-state index in [0.717, 1.165) is 11.2 Å². The minimum absolute atomic E-state index is 0.0294. The molecule has 3 heterocycles. The number of nitrogens with one attached hydrogen (secondary N) is 2. The maximum Gasteiger partial charge on any atom is 0.264 e. The molecule has 4 amide bonds. The lowest BCUT2D eigenvalue weighted by Crippen LogP contribution is -2.54. The largest absolute Gasteiger partial charge is 0.295 e. The molecule has 1 aromatic heterocycles. The second-order valence-electron chi connectivity index (χ2n) is 8.15. The van der Waals surface area contributed by atoms with Gasteiger partial charge in [-0.15, -0.1) is 5.10 Å². The van der Waals surface area contributed by atoms with Crippen LogP contribution in [0, 0.1) is 0 Å². The molecule has 0 spiro atoms. The van der Waals surface area contributed by atoms with Gasteiger partial charge in [-0.1, -0.05) is 23.4 Å². The Morgan fingerprint density at radius 1 is 1.03 bits per heavy atom. The summed E-state index contributed by atoms with van der Waals surface area (Å²) in [6, 6.07) is 10.1. The van der Waals surface area contributed by atoms with Crippen molar-refractivity contribution in [3.8, 4) is 16.9 Å². The Labute approximate surface area is 199 Å². The van der Waals surface area contributed by atoms with E-state index in [4.69, 9.17) is 0 Å². The van der Waals surface area contributed by atoms with Gasteiger partial charge in [0.25, 0.3) is 11.8 Å². The summed E-state index contributed by atoms with van der Waals surface area (Å²) in [6.07, 6.45) is 2.71. The molecule has 2 N–H and O–H groups in total. The lowest BCUT2D eigenvalue weighted by molar-refractivity contribution is -0.136. The molecule has 35 heavy (non-hydrogen) atoms. The summed E-state index contributed by atoms with van der Waals surface area (Å²) in [5.74, 6) is -2.40. The van der Waals surface area contributed by atoms with Crippen LogP contribution in [0.1, 0.15) is 33.6 Å². The van der Waals surface area contributed by atoms with Crippen molar-refractivity contribution >= 4 is 39.3 Å². The fourth-order valence-corrected chi connectivity index (χ4v) is 4.69. The molecular weight excluding hydrogens is 476 g/mol. The quantitative estimate of drug-likeness (QED) is 0.490. The molecule has 13 heteroatoms. The first-order chi connectivity index (χ1) is 16.6. The molecule has 2 aromatic carbocycles. The monoisotopic (exact) mass is 494 g/mol. The molecule has 12 nitrogen and oxygen atoms in total. The number of sulfonamides is 1. The standard InChI is InChI=1S/C22H18N6O6S/c1-35(33,34)25-13-7-5-12(6-8-13)15-11-27(26-24-15)16-4-2-3-14-19(16)22(32)28(21(14)31)17-9-10-18(29)23-20(17)30/h2-8,11,17,25H,9-10H2,1H3,(H,23,29,30). The molecule has 0 bridgehead atoms. The molecular formula is C22H18N6O6S. The molecule has 2 aliphatic heterocycles. The number of imide groups is 2. The summed E-state index contributed by atoms with van der Waals surface area (Å²) in [5.41, 5.74) is 2.02. The predicted molar refractivity (Wildman–Crippen MR) is 122 cm³/mol. The van der Waals surface area contributed by atoms with Crippen LogP contribution in [-0.4, -0.2) is 64.2 Å². The molecule has 2 aliphatic rings. The fourth-order valence-electron chi connectivity index (χ4n) is 4.12. The van der Waals surface area contributed by atoms with E-state index < -0.39 is 39.7 Å². The summed E-state index contributed by atoms with van der Waals surface area (Å²) >= 11 is 0. The van der Waals surface area contributed by atoms with Crippen LogP contribution >= 0.6 is 0 Å². The lowest BCUT2D eigenvalue weighted by Gasteiger charge is -2.27. The third-order valence-electron chi connectivity index (χ3n) is 5.67. The predicted octanol–water partition coefficient (Wildman–Crippen LogP) is 0.707. The Morgan fingerprint density at radius 3 is 2.46 bits per heavy atom. The summed E-state index contributed by atoms with van der Waals surface area (Å²) in [5, 5.41) is 10.4. The number of amides is 4. The number of benzene rings is 2. The van der Waals surface area contributed by atoms with E-state index in [9.17, 15) is 27.6 Å². The number of hydrogen-bond acceptors (Lipinski definition) is 8. The van der Waals surface area contributed by atoms with Crippen molar-refractivity contribution in [2.75, 3.05) is 11.0 Å². The lowest BCUT2D eigenvalue weighted by atomic mass is 10.0. The number of fused-ring (bicyclic) bond motifs is 1. The molecule has 5 rings (SSSR count). The zero-order valence-corrected chi connectivity index (χ0v) is 19.1. The summed E-state index contributed by atoms with van der Waals surface area (Å²) in [7, 11) is -3.41. The van der Waals surface area contributed by atoms with E-state index in [0.29, 0.717) is 22.6 Å². The molecule has 0 radical (unpaired) electrons. The minimum atomic E-state index is -3.41. The van der Waals surface area contributed by atoms with E-state index in [1.807, 2.05) is 0 Å². The highest BCUT2D eigenvalue weighted by molar-refractivity contribution is 7.92. The van der Waals surface area contributed by atoms with Crippen molar-refractivity contribution in [3.05, 3.63) is 59.8 Å². The van der Waals surface area contributed by atoms with Gasteiger partial charge in [-0.2, -0.15) is 0 Å². The van der Waals surface area contributed by atoms with E-state index >= 15 is 0 Å². The number of nitrogens with zero attached hydrogens (tertiary/aromatic N) is 4. The van der Waals surface area contributed by atoms with Crippen molar-refractivity contribution in [1.29, 1.82) is 0 Å². The van der Waals surface area contributed by atoms with Crippen molar-refractivity contribution in [2.45, 2.75) is 18.9 Å². The molecule has 1 saturated heterocycles. The first kappa shape index (κ1) is 22.4. The van der Waals surface area contributed by atoms with Gasteiger partial charge in [0.1, 0.15) is 11.7 Å². The highest BCUT2D eigenvalue weighted by Gasteiger charge is 2.45. The van der Waals surface area contributed by atoms with Gasteiger partial charge in [0, 0.05) is 17.7 Å². The summed E-state index contributed by atoms with van der Waals surface area (Å²) < 4.78 is 26.5. The number of anilines is 1. The number of piperidine rings is 1. The van der Waals surface area contributed by atoms with E-state index in [1.54, 1.807) is 42.6 Å². The van der Waals surface area contributed by atoms with Gasteiger partial charge in [0.05, 0.1) is 29.3 Å². The van der Waals surface area contributed by atoms with E-state index in [2.05, 4.69) is 20.4 Å². The summed E-state index contributed by atoms with van der Waals surface area (Å²) in [6.45, 7) is 0. The van der Waals surface area contributed by atoms with Gasteiger partial charge in [-0.25, -0.2) is 13.1 Å². The number of rotatable bonds is 5. The van der Waals surface area contributed by atoms with E-state index in [-0.39, 0.29) is 24.0 Å². The van der Waals surface area contributed by atoms with Crippen molar-refractivity contribution < 1.29 is 27.6 Å². The first-order valence-corrected chi connectivity index (χ1v) is 12.4. The van der Waals surface area contributed by atoms with Gasteiger partial charge < -0.3 is 0 Å². The molecule has 0 aliphatic carbocycles. The number of hydrogen-bond donors (Lipinski definition) is 2. The first-order valence-electron chi connectivity index (χ1n) is 10.5. The van der Waals surface area contributed by atoms with Gasteiger partial charge >= 0.3 is 0 Å². The Morgan fingerprint density at radius 2 is 1.77 bits per heavy atom. The van der Waals surface area contributed by atoms with Gasteiger partial charge in [-0.05, 0) is 30.7 Å². The van der Waals surface area contributed by atoms with Crippen LogP contribution in [0.15, 0.2) is 48.7 Å². The Kier molecular flexibility index (Phi) is 5.20. The van der Waals surface area contributed by atoms with Crippen LogP contribution in [0.25, 0.3) is 16.9 Å². The molecule has 178 valence electrons. The van der Waals surface area contributed by atoms with Crippen molar-refractivity contribution in [1.82, 2.24) is 25.2 Å². The third-order valence-corrected chi connectivity index (χ3v) is 6.28. The maximum atomic E-state index is 13.3. The van der Waals surface area contributed by atoms with Crippen LogP contribution in [0.2, 0.25) is 0 Å². The average molecular weight is 494 g/mol. The second kappa shape index (κ2) is 8.13. The van der Waals surface area contributed by atoms with Crippen LogP contribution in [0.3, 0.4) is 0 Å². The minimum Gasteiger partial charge on any atom is -0.295 e. The number of carbonyl (C=O) groups excluding carboxylic acids is 4. The maximum absolute atomic E-state index is 13.3. The smallest absolute Gasteiger partial charge is 0.264 e. The summed E-state index contributed by atoms with van der Waals surface area (Å²) in [4.78, 5) is 51.0. The molecule has 3 aromatic rings. The van der Waals surface area contributed by atoms with Crippen molar-refractivity contribution in [2.24, 2.45) is 0 Å². The second-order valence-corrected chi connectivity index (χ2v) is 9.90. The van der Waals surface area contributed by atoms with Gasteiger partial charge in [0.2, 0.25) is 21.8 Å². The topological polar surface area (TPSA) is 160 Å². The number of carbonyl (C=O) groups is 4. The molecule has 1 atom stereocenters. The number of aromatic nitrogens is 3. The molecule has 1 unspecified atom stereocenters. The zero-order chi connectivity index (χ0) is 24.9. The Bertz CT molecular complexity index is 1510. The zero-order valence-electron chi connectivity index (χ0n) is 18.3. The van der Waals surface area contributed by atoms with Crippen LogP contribution in [0.4, 0.5) is 5.69 Å². The molecule has 1 fully saturated rings. The highest BCUT2D eigenvalue weighted by atomic mass is 32.2. The van der Waals surface area contributed by atoms with Crippen LogP contribution in [-0.2, 0) is 19.6 Å². The van der Waals surface area contributed by atoms with Gasteiger partial charge in [0.15, 0.2) is 0 Å². The normalized spacial score (nSPS) is 18.0. The van der Waals surface area contributed by atoms with Crippen LogP contribution < -0.4 is 10.0 Å². The van der Waals surface area contributed by atoms with E-state index in [1.165, 1.54) is 10.7 Å².